The quantitative estimate of drug-likeness (QED) is 0.442. The Balaban J connectivity index is 1.49. The number of esters is 1. The van der Waals surface area contributed by atoms with Gasteiger partial charge in [0.05, 0.1) is 18.5 Å². The van der Waals surface area contributed by atoms with Crippen LogP contribution in [0.25, 0.3) is 22.3 Å². The van der Waals surface area contributed by atoms with Gasteiger partial charge in [0.15, 0.2) is 0 Å². The highest BCUT2D eigenvalue weighted by Gasteiger charge is 2.33. The highest BCUT2D eigenvalue weighted by molar-refractivity contribution is 5.91. The third kappa shape index (κ3) is 5.13. The molecule has 3 atom stereocenters. The Kier molecular flexibility index (Phi) is 6.33. The van der Waals surface area contributed by atoms with Gasteiger partial charge in [0.2, 0.25) is 0 Å². The molecule has 174 valence electrons. The first kappa shape index (κ1) is 23.1. The van der Waals surface area contributed by atoms with Crippen LogP contribution in [0.1, 0.15) is 58.2 Å². The van der Waals surface area contributed by atoms with E-state index in [9.17, 15) is 4.79 Å². The van der Waals surface area contributed by atoms with Crippen molar-refractivity contribution in [2.45, 2.75) is 59.6 Å². The van der Waals surface area contributed by atoms with Crippen molar-refractivity contribution < 1.29 is 13.9 Å². The van der Waals surface area contributed by atoms with Crippen LogP contribution in [0.2, 0.25) is 0 Å². The highest BCUT2D eigenvalue weighted by atomic mass is 16.6. The van der Waals surface area contributed by atoms with Crippen molar-refractivity contribution in [1.29, 1.82) is 0 Å². The lowest BCUT2D eigenvalue weighted by Gasteiger charge is -2.27. The zero-order chi connectivity index (χ0) is 23.8. The van der Waals surface area contributed by atoms with E-state index in [2.05, 4.69) is 61.6 Å². The van der Waals surface area contributed by atoms with Gasteiger partial charge in [-0.2, -0.15) is 0 Å². The number of ether oxygens (including phenoxy) is 1. The second-order valence-electron chi connectivity index (χ2n) is 10.0. The van der Waals surface area contributed by atoms with Gasteiger partial charge in [0.25, 0.3) is 0 Å². The molecule has 2 heterocycles. The fraction of sp³-hybridized carbons (Fsp3) is 0.429. The molecule has 0 amide bonds. The van der Waals surface area contributed by atoms with Crippen LogP contribution in [0.4, 0.5) is 0 Å². The van der Waals surface area contributed by atoms with Gasteiger partial charge in [0, 0.05) is 16.9 Å². The van der Waals surface area contributed by atoms with Crippen LogP contribution in [0.5, 0.6) is 0 Å². The van der Waals surface area contributed by atoms with Gasteiger partial charge < -0.3 is 14.5 Å². The first-order chi connectivity index (χ1) is 15.6. The van der Waals surface area contributed by atoms with Crippen LogP contribution in [0.15, 0.2) is 57.9 Å². The van der Waals surface area contributed by atoms with Gasteiger partial charge in [-0.15, -0.1) is 0 Å². The minimum atomic E-state index is -0.492. The molecule has 1 N–H and O–H groups in total. The number of amidine groups is 1. The molecule has 0 spiro atoms. The largest absolute Gasteiger partial charge is 0.460 e. The van der Waals surface area contributed by atoms with Gasteiger partial charge in [-0.05, 0) is 57.9 Å². The molecule has 1 aliphatic heterocycles. The topological polar surface area (TPSA) is 63.8 Å². The van der Waals surface area contributed by atoms with Crippen LogP contribution >= 0.6 is 0 Å². The molecule has 0 saturated carbocycles. The van der Waals surface area contributed by atoms with Gasteiger partial charge in [0.1, 0.15) is 22.8 Å². The summed E-state index contributed by atoms with van der Waals surface area (Å²) in [5.41, 5.74) is 3.85. The first-order valence-corrected chi connectivity index (χ1v) is 11.8. The Bertz CT molecular complexity index is 1170. The summed E-state index contributed by atoms with van der Waals surface area (Å²) in [6.07, 6.45) is 0.819. The number of rotatable bonds is 6. The maximum Gasteiger partial charge on any atom is 0.309 e. The fourth-order valence-electron chi connectivity index (χ4n) is 4.35. The monoisotopic (exact) mass is 446 g/mol. The van der Waals surface area contributed by atoms with Crippen molar-refractivity contribution in [2.75, 3.05) is 6.54 Å². The first-order valence-electron chi connectivity index (χ1n) is 11.8. The molecule has 5 nitrogen and oxygen atoms in total. The smallest absolute Gasteiger partial charge is 0.309 e. The zero-order valence-corrected chi connectivity index (χ0v) is 20.4. The maximum absolute atomic E-state index is 12.6. The summed E-state index contributed by atoms with van der Waals surface area (Å²) in [6.45, 7) is 12.5. The fourth-order valence-corrected chi connectivity index (χ4v) is 4.35. The number of hydrogen-bond donors (Lipinski definition) is 1. The van der Waals surface area contributed by atoms with Crippen molar-refractivity contribution in [3.05, 3.63) is 59.7 Å². The summed E-state index contributed by atoms with van der Waals surface area (Å²) in [5, 5.41) is 4.65. The van der Waals surface area contributed by atoms with Crippen LogP contribution in [-0.4, -0.2) is 24.0 Å². The maximum atomic E-state index is 12.6. The van der Waals surface area contributed by atoms with Crippen molar-refractivity contribution in [1.82, 2.24) is 5.32 Å². The number of fused-ring (bicyclic) bond motifs is 1. The third-order valence-corrected chi connectivity index (χ3v) is 6.22. The number of nitrogens with one attached hydrogen (secondary N) is 1. The molecule has 3 unspecified atom stereocenters. The molecule has 3 aromatic rings. The number of nitrogens with zero attached hydrogens (tertiary/aromatic N) is 1. The molecule has 0 aliphatic carbocycles. The van der Waals surface area contributed by atoms with E-state index in [1.54, 1.807) is 0 Å². The van der Waals surface area contributed by atoms with E-state index in [1.807, 2.05) is 33.8 Å². The summed E-state index contributed by atoms with van der Waals surface area (Å²) in [7, 11) is 0. The zero-order valence-electron chi connectivity index (χ0n) is 20.4. The molecule has 0 bridgehead atoms. The van der Waals surface area contributed by atoms with Crippen molar-refractivity contribution >= 4 is 22.8 Å². The Morgan fingerprint density at radius 3 is 2.58 bits per heavy atom. The lowest BCUT2D eigenvalue weighted by Crippen LogP contribution is -2.38. The summed E-state index contributed by atoms with van der Waals surface area (Å²) >= 11 is 0. The van der Waals surface area contributed by atoms with Crippen molar-refractivity contribution in [3.8, 4) is 11.3 Å². The number of hydrogen-bond acceptors (Lipinski definition) is 5. The highest BCUT2D eigenvalue weighted by Crippen LogP contribution is 2.32. The molecule has 1 aliphatic rings. The summed E-state index contributed by atoms with van der Waals surface area (Å²) in [4.78, 5) is 17.4. The second kappa shape index (κ2) is 9.05. The van der Waals surface area contributed by atoms with Crippen LogP contribution < -0.4 is 5.32 Å². The van der Waals surface area contributed by atoms with E-state index in [-0.39, 0.29) is 23.8 Å². The Morgan fingerprint density at radius 2 is 1.91 bits per heavy atom. The molecule has 33 heavy (non-hydrogen) atoms. The van der Waals surface area contributed by atoms with E-state index in [0.717, 1.165) is 40.1 Å². The van der Waals surface area contributed by atoms with E-state index < -0.39 is 5.60 Å². The van der Waals surface area contributed by atoms with E-state index >= 15 is 0 Å². The Morgan fingerprint density at radius 1 is 1.18 bits per heavy atom. The standard InChI is InChI=1S/C28H34N2O3/c1-7-22(18(3)27(31)33-28(4,5)6)26-29-16-23(30-26)20-12-13-24-21(14-20)15-25(32-24)19-10-8-17(2)9-11-19/h8-15,18,22-23H,7,16H2,1-6H3,(H,29,30). The SMILES string of the molecule is CCC(C1=NCC(c2ccc3oc(-c4ccc(C)cc4)cc3c2)N1)C(C)C(=O)OC(C)(C)C. The lowest BCUT2D eigenvalue weighted by atomic mass is 9.90. The normalized spacial score (nSPS) is 18.0. The average Bonchev–Trinajstić information content (AvgIpc) is 3.40. The number of benzene rings is 2. The van der Waals surface area contributed by atoms with Crippen molar-refractivity contribution in [3.63, 3.8) is 0 Å². The molecule has 0 fully saturated rings. The second-order valence-corrected chi connectivity index (χ2v) is 10.0. The predicted molar refractivity (Wildman–Crippen MR) is 133 cm³/mol. The number of aliphatic imine (C=N–C) groups is 1. The summed E-state index contributed by atoms with van der Waals surface area (Å²) in [6, 6.07) is 16.8. The minimum absolute atomic E-state index is 0.00986. The molecule has 1 aromatic heterocycles. The van der Waals surface area contributed by atoms with Gasteiger partial charge >= 0.3 is 5.97 Å². The van der Waals surface area contributed by atoms with Crippen LogP contribution in [-0.2, 0) is 9.53 Å². The number of aryl methyl sites for hydroxylation is 1. The lowest BCUT2D eigenvalue weighted by molar-refractivity contribution is -0.160. The molecule has 0 radical (unpaired) electrons. The van der Waals surface area contributed by atoms with Crippen LogP contribution in [0.3, 0.4) is 0 Å². The summed E-state index contributed by atoms with van der Waals surface area (Å²) < 4.78 is 11.7. The van der Waals surface area contributed by atoms with Crippen molar-refractivity contribution in [2.24, 2.45) is 16.8 Å². The molecule has 2 aromatic carbocycles. The predicted octanol–water partition coefficient (Wildman–Crippen LogP) is 6.46. The molecule has 5 heteroatoms. The number of carbonyl (C=O) groups excluding carboxylic acids is 1. The molecular formula is C28H34N2O3. The van der Waals surface area contributed by atoms with Crippen LogP contribution in [0, 0.1) is 18.8 Å². The molecule has 4 rings (SSSR count). The minimum Gasteiger partial charge on any atom is -0.460 e. The van der Waals surface area contributed by atoms with Gasteiger partial charge in [-0.1, -0.05) is 49.7 Å². The average molecular weight is 447 g/mol. The summed E-state index contributed by atoms with van der Waals surface area (Å²) in [5.74, 6) is 1.35. The Hall–Kier alpha value is -3.08. The van der Waals surface area contributed by atoms with Gasteiger partial charge in [-0.3, -0.25) is 9.79 Å². The number of carbonyl (C=O) groups is 1. The van der Waals surface area contributed by atoms with E-state index in [0.29, 0.717) is 6.54 Å². The van der Waals surface area contributed by atoms with E-state index in [1.165, 1.54) is 5.56 Å². The number of furan rings is 1. The van der Waals surface area contributed by atoms with Gasteiger partial charge in [-0.25, -0.2) is 0 Å². The molecule has 0 saturated heterocycles. The Labute approximate surface area is 196 Å². The molecular weight excluding hydrogens is 412 g/mol. The third-order valence-electron chi connectivity index (χ3n) is 6.22. The van der Waals surface area contributed by atoms with E-state index in [4.69, 9.17) is 14.1 Å².